The van der Waals surface area contributed by atoms with Crippen LogP contribution in [0.4, 0.5) is 0 Å². The predicted octanol–water partition coefficient (Wildman–Crippen LogP) is -6.02. The number of hydrogen-bond donors (Lipinski definition) is 3. The number of aliphatic carboxylic acids is 4. The molecular weight excluding hydrogens is 274 g/mol. The molecule has 8 nitrogen and oxygen atoms in total. The third-order valence-corrected chi connectivity index (χ3v) is 0.358. The van der Waals surface area contributed by atoms with Gasteiger partial charge in [0.2, 0.25) is 0 Å². The summed E-state index contributed by atoms with van der Waals surface area (Å²) in [5.41, 5.74) is 0. The summed E-state index contributed by atoms with van der Waals surface area (Å²) in [6, 6.07) is 0. The van der Waals surface area contributed by atoms with E-state index in [1.807, 2.05) is 0 Å². The quantitative estimate of drug-likeness (QED) is 0.292. The van der Waals surface area contributed by atoms with Crippen LogP contribution in [-0.4, -0.2) is 39.2 Å². The second-order valence-corrected chi connectivity index (χ2v) is 1.20. The Morgan fingerprint density at radius 1 is 0.786 bits per heavy atom. The summed E-state index contributed by atoms with van der Waals surface area (Å²) < 4.78 is 0. The van der Waals surface area contributed by atoms with Gasteiger partial charge in [-0.3, -0.25) is 0 Å². The number of hydrogen-bond acceptors (Lipinski definition) is 5. The van der Waals surface area contributed by atoms with E-state index >= 15 is 0 Å². The van der Waals surface area contributed by atoms with Crippen molar-refractivity contribution in [2.75, 3.05) is 0 Å². The predicted molar refractivity (Wildman–Crippen MR) is 27.9 cm³/mol. The molecule has 10 heteroatoms. The standard InChI is InChI=1S/2C2H2O4.Co.K/c2*3-1(4)2(5)6;;/h2*(H,3,4)(H,5,6);;/q;;;+1/p-1. The maximum Gasteiger partial charge on any atom is 1.00 e. The van der Waals surface area contributed by atoms with Crippen LogP contribution in [0.5, 0.6) is 0 Å². The molecule has 0 aliphatic rings. The maximum absolute atomic E-state index is 9.10. The van der Waals surface area contributed by atoms with Crippen LogP contribution < -0.4 is 56.5 Å². The third-order valence-electron chi connectivity index (χ3n) is 0.358. The molecule has 0 amide bonds. The zero-order chi connectivity index (χ0) is 10.3. The van der Waals surface area contributed by atoms with Crippen molar-refractivity contribution in [3.05, 3.63) is 0 Å². The molecule has 0 heterocycles. The summed E-state index contributed by atoms with van der Waals surface area (Å²) in [5, 5.41) is 31.1. The number of carboxylic acids is 4. The van der Waals surface area contributed by atoms with Crippen molar-refractivity contribution in [2.24, 2.45) is 0 Å². The van der Waals surface area contributed by atoms with Crippen LogP contribution in [-0.2, 0) is 36.0 Å². The summed E-state index contributed by atoms with van der Waals surface area (Å²) >= 11 is 0. The van der Waals surface area contributed by atoms with Gasteiger partial charge in [-0.2, -0.15) is 0 Å². The Labute approximate surface area is 130 Å². The van der Waals surface area contributed by atoms with Crippen LogP contribution in [0.25, 0.3) is 0 Å². The van der Waals surface area contributed by atoms with E-state index in [-0.39, 0.29) is 68.2 Å². The molecule has 0 bridgehead atoms. The molecule has 0 aromatic rings. The van der Waals surface area contributed by atoms with E-state index in [2.05, 4.69) is 0 Å². The molecule has 0 aliphatic carbocycles. The molecular formula is C4H3CoKO8. The van der Waals surface area contributed by atoms with Crippen molar-refractivity contribution < 1.29 is 108 Å². The number of carbonyl (C=O) groups excluding carboxylic acids is 1. The van der Waals surface area contributed by atoms with Crippen LogP contribution in [0.3, 0.4) is 0 Å². The Kier molecular flexibility index (Phi) is 22.0. The van der Waals surface area contributed by atoms with Gasteiger partial charge in [-0.1, -0.05) is 0 Å². The van der Waals surface area contributed by atoms with E-state index in [1.54, 1.807) is 0 Å². The van der Waals surface area contributed by atoms with Crippen LogP contribution in [0, 0.1) is 0 Å². The summed E-state index contributed by atoms with van der Waals surface area (Å²) in [6.45, 7) is 0. The first-order valence-electron chi connectivity index (χ1n) is 2.19. The molecule has 0 saturated carbocycles. The zero-order valence-electron chi connectivity index (χ0n) is 6.72. The number of carbonyl (C=O) groups is 4. The van der Waals surface area contributed by atoms with E-state index < -0.39 is 23.9 Å². The van der Waals surface area contributed by atoms with Gasteiger partial charge in [0.25, 0.3) is 0 Å². The average Bonchev–Trinajstić information content (AvgIpc) is 1.88. The Bertz CT molecular complexity index is 177. The SMILES string of the molecule is O=C(O)C(=O)O.O=C([O-])C(=O)O.[Co].[K+]. The van der Waals surface area contributed by atoms with Gasteiger partial charge in [0.15, 0.2) is 5.97 Å². The average molecular weight is 277 g/mol. The molecule has 1 radical (unpaired) electrons. The minimum atomic E-state index is -2.07. The van der Waals surface area contributed by atoms with Gasteiger partial charge in [-0.15, -0.1) is 0 Å². The van der Waals surface area contributed by atoms with Gasteiger partial charge < -0.3 is 25.2 Å². The van der Waals surface area contributed by atoms with Crippen molar-refractivity contribution in [2.45, 2.75) is 0 Å². The molecule has 0 unspecified atom stereocenters. The van der Waals surface area contributed by atoms with E-state index in [9.17, 15) is 0 Å². The number of carboxylic acid groups (broad SMARTS) is 4. The number of rotatable bonds is 0. The van der Waals surface area contributed by atoms with Crippen molar-refractivity contribution in [3.63, 3.8) is 0 Å². The summed E-state index contributed by atoms with van der Waals surface area (Å²) in [5.74, 6) is -7.66. The van der Waals surface area contributed by atoms with Crippen molar-refractivity contribution in [1.82, 2.24) is 0 Å². The summed E-state index contributed by atoms with van der Waals surface area (Å²) in [6.07, 6.45) is 0. The van der Waals surface area contributed by atoms with Crippen molar-refractivity contribution >= 4 is 23.9 Å². The first-order valence-corrected chi connectivity index (χ1v) is 2.19. The second kappa shape index (κ2) is 13.0. The Balaban J connectivity index is -0.0000000625. The smallest absolute Gasteiger partial charge is 0.539 e. The molecule has 0 fully saturated rings. The zero-order valence-corrected chi connectivity index (χ0v) is 10.9. The molecule has 0 aliphatic heterocycles. The van der Waals surface area contributed by atoms with E-state index in [0.717, 1.165) is 0 Å². The minimum absolute atomic E-state index is 0. The topological polar surface area (TPSA) is 152 Å². The van der Waals surface area contributed by atoms with Gasteiger partial charge in [-0.05, 0) is 0 Å². The minimum Gasteiger partial charge on any atom is -0.539 e. The van der Waals surface area contributed by atoms with Crippen LogP contribution >= 0.6 is 0 Å². The van der Waals surface area contributed by atoms with Crippen LogP contribution in [0.2, 0.25) is 0 Å². The van der Waals surface area contributed by atoms with Gasteiger partial charge in [0, 0.05) is 16.8 Å². The third kappa shape index (κ3) is 22.7. The molecule has 0 rings (SSSR count). The second-order valence-electron chi connectivity index (χ2n) is 1.20. The van der Waals surface area contributed by atoms with Gasteiger partial charge in [0.05, 0.1) is 0 Å². The Morgan fingerprint density at radius 2 is 0.929 bits per heavy atom. The molecule has 14 heavy (non-hydrogen) atoms. The van der Waals surface area contributed by atoms with Crippen LogP contribution in [0.15, 0.2) is 0 Å². The van der Waals surface area contributed by atoms with E-state index in [0.29, 0.717) is 0 Å². The molecule has 77 valence electrons. The van der Waals surface area contributed by atoms with Crippen molar-refractivity contribution in [1.29, 1.82) is 0 Å². The maximum atomic E-state index is 9.10. The van der Waals surface area contributed by atoms with Gasteiger partial charge in [-0.25, -0.2) is 14.4 Å². The molecule has 0 saturated heterocycles. The van der Waals surface area contributed by atoms with Gasteiger partial charge in [0.1, 0.15) is 0 Å². The molecule has 0 spiro atoms. The van der Waals surface area contributed by atoms with Crippen LogP contribution in [0.1, 0.15) is 0 Å². The fraction of sp³-hybridized carbons (Fsp3) is 0. The molecule has 0 aromatic carbocycles. The Hall–Kier alpha value is 0.0229. The Morgan fingerprint density at radius 3 is 0.929 bits per heavy atom. The largest absolute Gasteiger partial charge is 1.00 e. The first-order chi connectivity index (χ1) is 5.29. The first kappa shape index (κ1) is 23.7. The van der Waals surface area contributed by atoms with Crippen molar-refractivity contribution in [3.8, 4) is 0 Å². The van der Waals surface area contributed by atoms with E-state index in [1.165, 1.54) is 0 Å². The fourth-order valence-corrected chi connectivity index (χ4v) is 0. The van der Waals surface area contributed by atoms with E-state index in [4.69, 9.17) is 39.6 Å². The van der Waals surface area contributed by atoms with Gasteiger partial charge >= 0.3 is 69.3 Å². The summed E-state index contributed by atoms with van der Waals surface area (Å²) in [4.78, 5) is 36.2. The monoisotopic (exact) mass is 277 g/mol. The normalized spacial score (nSPS) is 6.29. The summed E-state index contributed by atoms with van der Waals surface area (Å²) in [7, 11) is 0. The molecule has 3 N–H and O–H groups in total. The molecule has 0 aromatic heterocycles. The fourth-order valence-electron chi connectivity index (χ4n) is 0. The molecule has 0 atom stereocenters.